The van der Waals surface area contributed by atoms with Gasteiger partial charge in [0.15, 0.2) is 0 Å². The molecular formula is C29H28N2O5S2. The number of carbonyl (C=O) groups is 1. The highest BCUT2D eigenvalue weighted by atomic mass is 32.2. The van der Waals surface area contributed by atoms with Gasteiger partial charge in [0.05, 0.1) is 21.2 Å². The second kappa shape index (κ2) is 9.89. The Morgan fingerprint density at radius 3 is 1.76 bits per heavy atom. The zero-order valence-electron chi connectivity index (χ0n) is 21.1. The minimum atomic E-state index is -3.96. The van der Waals surface area contributed by atoms with E-state index >= 15 is 0 Å². The van der Waals surface area contributed by atoms with E-state index in [0.29, 0.717) is 40.6 Å². The Balaban J connectivity index is 1.67. The molecule has 1 aliphatic carbocycles. The van der Waals surface area contributed by atoms with Gasteiger partial charge in [-0.15, -0.1) is 0 Å². The molecule has 5 rings (SSSR count). The molecule has 0 aromatic heterocycles. The van der Waals surface area contributed by atoms with Gasteiger partial charge in [-0.05, 0) is 62.1 Å². The van der Waals surface area contributed by atoms with Crippen molar-refractivity contribution >= 4 is 48.0 Å². The Hall–Kier alpha value is -3.69. The molecule has 9 heteroatoms. The topological polar surface area (TPSA) is 109 Å². The van der Waals surface area contributed by atoms with Crippen LogP contribution < -0.4 is 9.44 Å². The highest BCUT2D eigenvalue weighted by Gasteiger charge is 2.30. The first kappa shape index (κ1) is 25.9. The maximum Gasteiger partial charge on any atom is 0.261 e. The number of anilines is 2. The van der Waals surface area contributed by atoms with Crippen molar-refractivity contribution in [2.24, 2.45) is 0 Å². The van der Waals surface area contributed by atoms with Crippen molar-refractivity contribution in [2.75, 3.05) is 9.44 Å². The van der Waals surface area contributed by atoms with Crippen LogP contribution in [-0.4, -0.2) is 22.6 Å². The second-order valence-electron chi connectivity index (χ2n) is 9.75. The normalized spacial score (nSPS) is 16.1. The summed E-state index contributed by atoms with van der Waals surface area (Å²) in [6.45, 7) is 3.76. The fourth-order valence-electron chi connectivity index (χ4n) is 4.83. The van der Waals surface area contributed by atoms with Gasteiger partial charge < -0.3 is 0 Å². The van der Waals surface area contributed by atoms with Crippen molar-refractivity contribution in [2.45, 2.75) is 48.8 Å². The summed E-state index contributed by atoms with van der Waals surface area (Å²) in [7, 11) is -7.88. The first-order valence-electron chi connectivity index (χ1n) is 12.3. The lowest BCUT2D eigenvalue weighted by Crippen LogP contribution is -2.17. The molecule has 196 valence electrons. The molecule has 38 heavy (non-hydrogen) atoms. The summed E-state index contributed by atoms with van der Waals surface area (Å²) in [6, 6.07) is 21.8. The van der Waals surface area contributed by atoms with Gasteiger partial charge in [-0.2, -0.15) is 0 Å². The van der Waals surface area contributed by atoms with E-state index in [9.17, 15) is 21.6 Å². The summed E-state index contributed by atoms with van der Waals surface area (Å²) in [5.41, 5.74) is 3.15. The number of hydrogen-bond acceptors (Lipinski definition) is 5. The number of rotatable bonds is 7. The molecule has 1 saturated carbocycles. The average Bonchev–Trinajstić information content (AvgIpc) is 3.31. The van der Waals surface area contributed by atoms with Crippen LogP contribution in [0.25, 0.3) is 10.8 Å². The van der Waals surface area contributed by atoms with Crippen LogP contribution in [0.15, 0.2) is 88.7 Å². The van der Waals surface area contributed by atoms with E-state index in [1.54, 1.807) is 78.9 Å². The fraction of sp³-hybridized carbons (Fsp3) is 0.207. The van der Waals surface area contributed by atoms with E-state index in [0.717, 1.165) is 11.1 Å². The van der Waals surface area contributed by atoms with Crippen molar-refractivity contribution in [3.63, 3.8) is 0 Å². The molecule has 1 unspecified atom stereocenters. The molecule has 1 atom stereocenters. The summed E-state index contributed by atoms with van der Waals surface area (Å²) < 4.78 is 58.9. The number of sulfonamides is 2. The number of nitrogens with one attached hydrogen (secondary N) is 2. The van der Waals surface area contributed by atoms with E-state index in [4.69, 9.17) is 0 Å². The summed E-state index contributed by atoms with van der Waals surface area (Å²) in [6.07, 6.45) is 1.22. The molecule has 0 saturated heterocycles. The Morgan fingerprint density at radius 2 is 1.24 bits per heavy atom. The van der Waals surface area contributed by atoms with Crippen LogP contribution in [-0.2, 0) is 24.8 Å². The number of ketones is 1. The predicted molar refractivity (Wildman–Crippen MR) is 150 cm³/mol. The van der Waals surface area contributed by atoms with E-state index in [-0.39, 0.29) is 27.9 Å². The number of benzene rings is 4. The quantitative estimate of drug-likeness (QED) is 0.299. The van der Waals surface area contributed by atoms with Crippen molar-refractivity contribution in [3.05, 3.63) is 95.6 Å². The van der Waals surface area contributed by atoms with Crippen LogP contribution in [0.4, 0.5) is 11.4 Å². The minimum Gasteiger partial charge on any atom is -0.300 e. The van der Waals surface area contributed by atoms with Crippen LogP contribution in [0.2, 0.25) is 0 Å². The number of fused-ring (bicyclic) bond motifs is 1. The van der Waals surface area contributed by atoms with E-state index < -0.39 is 20.0 Å². The number of carbonyl (C=O) groups excluding carboxylic acids is 1. The predicted octanol–water partition coefficient (Wildman–Crippen LogP) is 5.89. The largest absolute Gasteiger partial charge is 0.300 e. The van der Waals surface area contributed by atoms with E-state index in [2.05, 4.69) is 9.44 Å². The Kier molecular flexibility index (Phi) is 6.75. The van der Waals surface area contributed by atoms with Crippen LogP contribution in [0.3, 0.4) is 0 Å². The smallest absolute Gasteiger partial charge is 0.261 e. The number of Topliss-reactive ketones (excluding diaryl/α,β-unsaturated/α-hetero) is 1. The molecule has 1 aliphatic rings. The van der Waals surface area contributed by atoms with Crippen molar-refractivity contribution in [1.82, 2.24) is 0 Å². The molecule has 7 nitrogen and oxygen atoms in total. The summed E-state index contributed by atoms with van der Waals surface area (Å²) in [5.74, 6) is -0.150. The van der Waals surface area contributed by atoms with E-state index in [1.165, 1.54) is 0 Å². The minimum absolute atomic E-state index is 0.0947. The SMILES string of the molecule is Cc1ccc(S(=O)(=O)Nc2cc(C3CCC(=O)C3)c(NS(=O)(=O)c3ccc(C)cc3)c3ccccc23)cc1. The zero-order valence-corrected chi connectivity index (χ0v) is 22.7. The first-order valence-corrected chi connectivity index (χ1v) is 15.3. The zero-order chi connectivity index (χ0) is 27.1. The lowest BCUT2D eigenvalue weighted by molar-refractivity contribution is -0.117. The monoisotopic (exact) mass is 548 g/mol. The van der Waals surface area contributed by atoms with Crippen LogP contribution in [0, 0.1) is 13.8 Å². The van der Waals surface area contributed by atoms with Crippen LogP contribution in [0.5, 0.6) is 0 Å². The maximum absolute atomic E-state index is 13.4. The standard InChI is InChI=1S/C29H28N2O5S2/c1-19-7-13-23(14-8-19)37(33,34)30-28-18-27(21-11-12-22(32)17-21)29(26-6-4-3-5-25(26)28)31-38(35,36)24-15-9-20(2)10-16-24/h3-10,13-16,18,21,30-31H,11-12,17H2,1-2H3. The van der Waals surface area contributed by atoms with Crippen molar-refractivity contribution < 1.29 is 21.6 Å². The highest BCUT2D eigenvalue weighted by Crippen LogP contribution is 2.43. The maximum atomic E-state index is 13.4. The van der Waals surface area contributed by atoms with Gasteiger partial charge in [-0.1, -0.05) is 59.7 Å². The van der Waals surface area contributed by atoms with E-state index in [1.807, 2.05) is 13.8 Å². The third-order valence-electron chi connectivity index (χ3n) is 6.90. The fourth-order valence-corrected chi connectivity index (χ4v) is 7.01. The molecule has 0 bridgehead atoms. The second-order valence-corrected chi connectivity index (χ2v) is 13.1. The molecule has 1 fully saturated rings. The third kappa shape index (κ3) is 5.16. The molecule has 0 aliphatic heterocycles. The summed E-state index contributed by atoms with van der Waals surface area (Å²) in [5, 5.41) is 1.08. The molecular weight excluding hydrogens is 520 g/mol. The van der Waals surface area contributed by atoms with Gasteiger partial charge in [0.1, 0.15) is 5.78 Å². The van der Waals surface area contributed by atoms with Gasteiger partial charge in [-0.25, -0.2) is 16.8 Å². The molecule has 4 aromatic rings. The summed E-state index contributed by atoms with van der Waals surface area (Å²) in [4.78, 5) is 12.5. The molecule has 0 radical (unpaired) electrons. The average molecular weight is 549 g/mol. The Morgan fingerprint density at radius 1 is 0.711 bits per heavy atom. The van der Waals surface area contributed by atoms with Gasteiger partial charge in [-0.3, -0.25) is 14.2 Å². The van der Waals surface area contributed by atoms with Crippen molar-refractivity contribution in [3.8, 4) is 0 Å². The first-order chi connectivity index (χ1) is 18.0. The molecule has 4 aromatic carbocycles. The Bertz CT molecular complexity index is 1750. The van der Waals surface area contributed by atoms with Crippen LogP contribution in [0.1, 0.15) is 41.9 Å². The van der Waals surface area contributed by atoms with Gasteiger partial charge >= 0.3 is 0 Å². The number of hydrogen-bond donors (Lipinski definition) is 2. The van der Waals surface area contributed by atoms with Crippen molar-refractivity contribution in [1.29, 1.82) is 0 Å². The van der Waals surface area contributed by atoms with Gasteiger partial charge in [0.2, 0.25) is 0 Å². The Labute approximate surface area is 223 Å². The lowest BCUT2D eigenvalue weighted by atomic mass is 9.92. The molecule has 0 amide bonds. The third-order valence-corrected chi connectivity index (χ3v) is 9.65. The highest BCUT2D eigenvalue weighted by molar-refractivity contribution is 7.93. The van der Waals surface area contributed by atoms with Gasteiger partial charge in [0.25, 0.3) is 20.0 Å². The molecule has 0 heterocycles. The molecule has 0 spiro atoms. The van der Waals surface area contributed by atoms with Gasteiger partial charge in [0, 0.05) is 23.6 Å². The number of aryl methyl sites for hydroxylation is 2. The summed E-state index contributed by atoms with van der Waals surface area (Å²) >= 11 is 0. The lowest BCUT2D eigenvalue weighted by Gasteiger charge is -2.22. The van der Waals surface area contributed by atoms with Crippen LogP contribution >= 0.6 is 0 Å². The molecule has 2 N–H and O–H groups in total.